The summed E-state index contributed by atoms with van der Waals surface area (Å²) in [6.45, 7) is 2.87. The number of benzene rings is 2. The zero-order valence-corrected chi connectivity index (χ0v) is 19.1. The van der Waals surface area contributed by atoms with Crippen LogP contribution in [0, 0.1) is 11.3 Å². The van der Waals surface area contributed by atoms with Gasteiger partial charge in [0.05, 0.1) is 22.9 Å². The number of carbonyl (C=O) groups excluding carboxylic acids is 1. The second-order valence-corrected chi connectivity index (χ2v) is 8.90. The Labute approximate surface area is 196 Å². The molecule has 1 amide bonds. The fraction of sp³-hybridized carbons (Fsp3) is 0.304. The van der Waals surface area contributed by atoms with Gasteiger partial charge < -0.3 is 5.32 Å². The molecule has 2 aromatic carbocycles. The predicted molar refractivity (Wildman–Crippen MR) is 126 cm³/mol. The molecule has 1 aromatic heterocycles. The van der Waals surface area contributed by atoms with E-state index in [0.29, 0.717) is 21.4 Å². The molecule has 1 fully saturated rings. The summed E-state index contributed by atoms with van der Waals surface area (Å²) >= 11 is 7.39. The van der Waals surface area contributed by atoms with Crippen LogP contribution in [0.5, 0.6) is 0 Å². The molecule has 0 atom stereocenters. The number of aromatic nitrogens is 3. The van der Waals surface area contributed by atoms with Gasteiger partial charge in [0.1, 0.15) is 6.07 Å². The van der Waals surface area contributed by atoms with E-state index in [9.17, 15) is 4.79 Å². The summed E-state index contributed by atoms with van der Waals surface area (Å²) in [5.41, 5.74) is 1.90. The first kappa shape index (κ1) is 22.3. The third-order valence-corrected chi connectivity index (χ3v) is 6.48. The van der Waals surface area contributed by atoms with Crippen LogP contribution in [0.2, 0.25) is 5.02 Å². The number of nitrogens with one attached hydrogen (secondary N) is 1. The third kappa shape index (κ3) is 5.49. The molecule has 0 spiro atoms. The van der Waals surface area contributed by atoms with Crippen molar-refractivity contribution < 1.29 is 4.79 Å². The minimum absolute atomic E-state index is 0.173. The molecule has 0 radical (unpaired) electrons. The molecule has 0 saturated carbocycles. The normalized spacial score (nSPS) is 14.1. The zero-order chi connectivity index (χ0) is 22.3. The van der Waals surface area contributed by atoms with Crippen LogP contribution in [0.25, 0.3) is 5.69 Å². The van der Waals surface area contributed by atoms with Crippen LogP contribution >= 0.6 is 23.4 Å². The lowest BCUT2D eigenvalue weighted by Crippen LogP contribution is -2.30. The van der Waals surface area contributed by atoms with Crippen molar-refractivity contribution in [3.05, 3.63) is 64.9 Å². The summed E-state index contributed by atoms with van der Waals surface area (Å²) in [4.78, 5) is 14.9. The van der Waals surface area contributed by atoms with Crippen molar-refractivity contribution in [2.45, 2.75) is 31.0 Å². The number of nitriles is 1. The number of para-hydroxylation sites is 1. The molecule has 1 aliphatic rings. The van der Waals surface area contributed by atoms with E-state index >= 15 is 0 Å². The lowest BCUT2D eigenvalue weighted by molar-refractivity contribution is -0.113. The Morgan fingerprint density at radius 3 is 2.62 bits per heavy atom. The van der Waals surface area contributed by atoms with Gasteiger partial charge in [-0.05, 0) is 56.3 Å². The summed E-state index contributed by atoms with van der Waals surface area (Å²) in [5.74, 6) is 0.864. The first-order valence-corrected chi connectivity index (χ1v) is 11.8. The molecule has 3 aromatic rings. The van der Waals surface area contributed by atoms with E-state index in [0.717, 1.165) is 31.1 Å². The molecule has 7 nitrogen and oxygen atoms in total. The highest BCUT2D eigenvalue weighted by atomic mass is 35.5. The van der Waals surface area contributed by atoms with E-state index in [-0.39, 0.29) is 11.7 Å². The Balaban J connectivity index is 1.47. The number of amides is 1. The summed E-state index contributed by atoms with van der Waals surface area (Å²) in [5, 5.41) is 21.6. The van der Waals surface area contributed by atoms with Crippen molar-refractivity contribution in [3.8, 4) is 11.8 Å². The Hall–Kier alpha value is -2.86. The van der Waals surface area contributed by atoms with Gasteiger partial charge in [-0.3, -0.25) is 14.3 Å². The van der Waals surface area contributed by atoms with E-state index in [2.05, 4.69) is 20.4 Å². The number of halogens is 1. The Morgan fingerprint density at radius 1 is 1.12 bits per heavy atom. The number of hydrogen-bond acceptors (Lipinski definition) is 6. The smallest absolute Gasteiger partial charge is 0.234 e. The summed E-state index contributed by atoms with van der Waals surface area (Å²) in [6, 6.07) is 16.8. The average molecular weight is 467 g/mol. The quantitative estimate of drug-likeness (QED) is 0.515. The first-order chi connectivity index (χ1) is 15.6. The molecule has 0 unspecified atom stereocenters. The van der Waals surface area contributed by atoms with Gasteiger partial charge in [-0.25, -0.2) is 0 Å². The fourth-order valence-electron chi connectivity index (χ4n) is 3.66. The third-order valence-electron chi connectivity index (χ3n) is 5.23. The second-order valence-electron chi connectivity index (χ2n) is 7.55. The van der Waals surface area contributed by atoms with Gasteiger partial charge in [0, 0.05) is 11.4 Å². The maximum Gasteiger partial charge on any atom is 0.234 e. The van der Waals surface area contributed by atoms with Crippen molar-refractivity contribution in [3.63, 3.8) is 0 Å². The molecule has 32 heavy (non-hydrogen) atoms. The predicted octanol–water partition coefficient (Wildman–Crippen LogP) is 4.51. The minimum Gasteiger partial charge on any atom is -0.325 e. The van der Waals surface area contributed by atoms with Crippen LogP contribution < -0.4 is 5.32 Å². The monoisotopic (exact) mass is 466 g/mol. The van der Waals surface area contributed by atoms with Gasteiger partial charge in [-0.1, -0.05) is 48.0 Å². The lowest BCUT2D eigenvalue weighted by atomic mass is 10.1. The largest absolute Gasteiger partial charge is 0.325 e. The highest BCUT2D eigenvalue weighted by Gasteiger charge is 2.19. The number of rotatable bonds is 7. The van der Waals surface area contributed by atoms with E-state index in [1.807, 2.05) is 41.0 Å². The molecule has 2 heterocycles. The summed E-state index contributed by atoms with van der Waals surface area (Å²) < 4.78 is 2.03. The van der Waals surface area contributed by atoms with Gasteiger partial charge in [-0.15, -0.1) is 10.2 Å². The van der Waals surface area contributed by atoms with Crippen LogP contribution in [0.4, 0.5) is 5.69 Å². The number of anilines is 1. The van der Waals surface area contributed by atoms with Gasteiger partial charge in [0.15, 0.2) is 11.0 Å². The number of nitrogens with zero attached hydrogens (tertiary/aromatic N) is 5. The highest BCUT2D eigenvalue weighted by Crippen LogP contribution is 2.25. The molecule has 0 bridgehead atoms. The van der Waals surface area contributed by atoms with Crippen LogP contribution in [-0.2, 0) is 11.3 Å². The van der Waals surface area contributed by atoms with E-state index in [1.54, 1.807) is 18.2 Å². The summed E-state index contributed by atoms with van der Waals surface area (Å²) in [7, 11) is 0. The Kier molecular flexibility index (Phi) is 7.43. The highest BCUT2D eigenvalue weighted by molar-refractivity contribution is 7.99. The maximum atomic E-state index is 12.5. The molecule has 1 saturated heterocycles. The number of carbonyl (C=O) groups is 1. The SMILES string of the molecule is N#Cc1ccc(NC(=O)CSc2nnc(CN3CCCCC3)n2-c2ccccc2)cc1Cl. The second kappa shape index (κ2) is 10.6. The van der Waals surface area contributed by atoms with Crippen molar-refractivity contribution in [2.75, 3.05) is 24.2 Å². The first-order valence-electron chi connectivity index (χ1n) is 10.5. The van der Waals surface area contributed by atoms with E-state index in [1.165, 1.54) is 31.0 Å². The van der Waals surface area contributed by atoms with Crippen molar-refractivity contribution in [1.29, 1.82) is 5.26 Å². The molecule has 4 rings (SSSR count). The lowest BCUT2D eigenvalue weighted by Gasteiger charge is -2.26. The molecule has 0 aliphatic carbocycles. The molecular formula is C23H23ClN6OS. The summed E-state index contributed by atoms with van der Waals surface area (Å²) in [6.07, 6.45) is 3.70. The molecule has 9 heteroatoms. The minimum atomic E-state index is -0.184. The Bertz CT molecular complexity index is 1120. The van der Waals surface area contributed by atoms with Crippen molar-refractivity contribution in [2.24, 2.45) is 0 Å². The Morgan fingerprint density at radius 2 is 1.91 bits per heavy atom. The topological polar surface area (TPSA) is 86.8 Å². The van der Waals surface area contributed by atoms with Crippen LogP contribution in [0.1, 0.15) is 30.7 Å². The molecule has 1 aliphatic heterocycles. The van der Waals surface area contributed by atoms with Gasteiger partial charge >= 0.3 is 0 Å². The molecule has 1 N–H and O–H groups in total. The fourth-order valence-corrected chi connectivity index (χ4v) is 4.65. The van der Waals surface area contributed by atoms with Crippen LogP contribution in [0.3, 0.4) is 0 Å². The molecular weight excluding hydrogens is 444 g/mol. The van der Waals surface area contributed by atoms with Crippen molar-refractivity contribution in [1.82, 2.24) is 19.7 Å². The van der Waals surface area contributed by atoms with Crippen LogP contribution in [0.15, 0.2) is 53.7 Å². The van der Waals surface area contributed by atoms with E-state index in [4.69, 9.17) is 16.9 Å². The number of piperidine rings is 1. The maximum absolute atomic E-state index is 12.5. The van der Waals surface area contributed by atoms with E-state index < -0.39 is 0 Å². The van der Waals surface area contributed by atoms with Gasteiger partial charge in [-0.2, -0.15) is 5.26 Å². The van der Waals surface area contributed by atoms with Gasteiger partial charge in [0.2, 0.25) is 5.91 Å². The number of hydrogen-bond donors (Lipinski definition) is 1. The zero-order valence-electron chi connectivity index (χ0n) is 17.5. The standard InChI is InChI=1S/C23H23ClN6OS/c24-20-13-18(10-9-17(20)14-25)26-22(31)16-32-23-28-27-21(15-29-11-5-2-6-12-29)30(23)19-7-3-1-4-8-19/h1,3-4,7-10,13H,2,5-6,11-12,15-16H2,(H,26,31). The molecule has 164 valence electrons. The van der Waals surface area contributed by atoms with Gasteiger partial charge in [0.25, 0.3) is 0 Å². The number of thioether (sulfide) groups is 1. The van der Waals surface area contributed by atoms with Crippen molar-refractivity contribution >= 4 is 35.0 Å². The average Bonchev–Trinajstić information content (AvgIpc) is 3.21. The van der Waals surface area contributed by atoms with Crippen LogP contribution in [-0.4, -0.2) is 44.4 Å². The number of likely N-dealkylation sites (tertiary alicyclic amines) is 1.